The Hall–Kier alpha value is -1.72. The quantitative estimate of drug-likeness (QED) is 0.590. The molecule has 0 bridgehead atoms. The molecule has 2 amide bonds. The Bertz CT molecular complexity index is 330. The molecule has 1 aromatic heterocycles. The van der Waals surface area contributed by atoms with Crippen LogP contribution < -0.4 is 21.3 Å². The lowest BCUT2D eigenvalue weighted by molar-refractivity contribution is 0.259. The van der Waals surface area contributed by atoms with Crippen LogP contribution in [-0.2, 0) is 0 Å². The molecule has 66 valence electrons. The number of carbonyl (C=O) groups is 1. The number of carbonyl (C=O) groups excluding carboxylic acids is 1. The first-order chi connectivity index (χ1) is 6.13. The number of amides is 2. The lowest BCUT2D eigenvalue weighted by Crippen LogP contribution is -2.21. The lowest BCUT2D eigenvalue weighted by atomic mass is 9.98. The fourth-order valence-corrected chi connectivity index (χ4v) is 0.853. The number of nitrogens with two attached hydrogens (primary N) is 1. The Balaban J connectivity index is 3.01. The van der Waals surface area contributed by atoms with Crippen molar-refractivity contribution in [3.63, 3.8) is 0 Å². The molecule has 1 heterocycles. The third-order valence-corrected chi connectivity index (χ3v) is 1.32. The van der Waals surface area contributed by atoms with Gasteiger partial charge in [0.2, 0.25) is 5.88 Å². The first kappa shape index (κ1) is 9.37. The molecule has 0 aliphatic carbocycles. The summed E-state index contributed by atoms with van der Waals surface area (Å²) in [6, 6.07) is 0.821. The van der Waals surface area contributed by atoms with Gasteiger partial charge in [0.1, 0.15) is 13.5 Å². The van der Waals surface area contributed by atoms with E-state index in [2.05, 4.69) is 10.3 Å². The average molecular weight is 177 g/mol. The van der Waals surface area contributed by atoms with Crippen molar-refractivity contribution in [2.45, 2.75) is 0 Å². The van der Waals surface area contributed by atoms with Crippen LogP contribution in [0.1, 0.15) is 0 Å². The Labute approximate surface area is 76.7 Å². The van der Waals surface area contributed by atoms with Crippen LogP contribution in [0.25, 0.3) is 0 Å². The number of aromatic nitrogens is 1. The van der Waals surface area contributed by atoms with Gasteiger partial charge in [-0.2, -0.15) is 0 Å². The minimum absolute atomic E-state index is 0.271. The van der Waals surface area contributed by atoms with Gasteiger partial charge in [0.25, 0.3) is 0 Å². The van der Waals surface area contributed by atoms with Gasteiger partial charge in [0.15, 0.2) is 0 Å². The molecule has 1 aromatic rings. The number of ether oxygens (including phenoxy) is 1. The molecule has 0 aliphatic rings. The number of urea groups is 1. The monoisotopic (exact) mass is 177 g/mol. The number of hydrogen-bond acceptors (Lipinski definition) is 3. The van der Waals surface area contributed by atoms with E-state index in [1.54, 1.807) is 0 Å². The minimum Gasteiger partial charge on any atom is -0.480 e. The molecular weight excluding hydrogens is 169 g/mol. The van der Waals surface area contributed by atoms with Crippen LogP contribution in [0.5, 0.6) is 5.88 Å². The maximum absolute atomic E-state index is 10.5. The van der Waals surface area contributed by atoms with Crippen molar-refractivity contribution in [1.82, 2.24) is 4.98 Å². The Morgan fingerprint density at radius 3 is 3.00 bits per heavy atom. The average Bonchev–Trinajstić information content (AvgIpc) is 2.03. The van der Waals surface area contributed by atoms with Crippen molar-refractivity contribution in [3.8, 4) is 5.88 Å². The van der Waals surface area contributed by atoms with Crippen LogP contribution in [0.2, 0.25) is 0 Å². The normalized spacial score (nSPS) is 9.31. The van der Waals surface area contributed by atoms with Crippen molar-refractivity contribution in [1.29, 1.82) is 0 Å². The van der Waals surface area contributed by atoms with Gasteiger partial charge in [0, 0.05) is 6.20 Å². The highest BCUT2D eigenvalue weighted by molar-refractivity contribution is 6.32. The number of nitrogens with one attached hydrogen (secondary N) is 1. The van der Waals surface area contributed by atoms with Gasteiger partial charge in [-0.25, -0.2) is 9.78 Å². The molecule has 0 aromatic carbocycles. The number of nitrogens with zero attached hydrogens (tertiary/aromatic N) is 1. The molecule has 0 aliphatic heterocycles. The third kappa shape index (κ3) is 2.36. The molecule has 2 radical (unpaired) electrons. The largest absolute Gasteiger partial charge is 0.480 e. The highest BCUT2D eigenvalue weighted by Gasteiger charge is 2.05. The fraction of sp³-hybridized carbons (Fsp3) is 0.143. The van der Waals surface area contributed by atoms with E-state index in [0.29, 0.717) is 11.2 Å². The smallest absolute Gasteiger partial charge is 0.316 e. The Morgan fingerprint density at radius 1 is 1.77 bits per heavy atom. The fourth-order valence-electron chi connectivity index (χ4n) is 0.853. The van der Waals surface area contributed by atoms with Gasteiger partial charge in [0.05, 0.1) is 7.11 Å². The summed E-state index contributed by atoms with van der Waals surface area (Å²) in [4.78, 5) is 14.4. The molecule has 0 spiro atoms. The van der Waals surface area contributed by atoms with Crippen molar-refractivity contribution in [3.05, 3.63) is 12.3 Å². The molecule has 5 nitrogen and oxygen atoms in total. The van der Waals surface area contributed by atoms with E-state index in [4.69, 9.17) is 18.3 Å². The van der Waals surface area contributed by atoms with Crippen LogP contribution in [0.3, 0.4) is 0 Å². The molecule has 0 saturated heterocycles. The molecule has 13 heavy (non-hydrogen) atoms. The zero-order chi connectivity index (χ0) is 9.84. The van der Waals surface area contributed by atoms with E-state index in [1.165, 1.54) is 19.4 Å². The molecule has 1 rings (SSSR count). The van der Waals surface area contributed by atoms with E-state index in [1.807, 2.05) is 0 Å². The SMILES string of the molecule is [B]c1cnc(OC)c(NC(N)=O)c1. The van der Waals surface area contributed by atoms with Gasteiger partial charge in [-0.1, -0.05) is 5.46 Å². The minimum atomic E-state index is -0.689. The summed E-state index contributed by atoms with van der Waals surface area (Å²) in [5, 5.41) is 2.34. The van der Waals surface area contributed by atoms with Crippen LogP contribution in [0, 0.1) is 0 Å². The van der Waals surface area contributed by atoms with Gasteiger partial charge >= 0.3 is 6.03 Å². The number of pyridine rings is 1. The standard InChI is InChI=1S/C7H8BN3O2/c1-13-6-5(11-7(9)12)2-4(8)3-10-6/h2-3H,1H3,(H3,9,11,12). The zero-order valence-corrected chi connectivity index (χ0v) is 7.07. The molecular formula is C7H8BN3O2. The number of rotatable bonds is 2. The summed E-state index contributed by atoms with van der Waals surface area (Å²) < 4.78 is 4.86. The van der Waals surface area contributed by atoms with Crippen LogP contribution >= 0.6 is 0 Å². The van der Waals surface area contributed by atoms with E-state index in [-0.39, 0.29) is 5.88 Å². The summed E-state index contributed by atoms with van der Waals surface area (Å²) in [5.41, 5.74) is 5.70. The highest BCUT2D eigenvalue weighted by Crippen LogP contribution is 2.17. The summed E-state index contributed by atoms with van der Waals surface area (Å²) >= 11 is 0. The van der Waals surface area contributed by atoms with Crippen LogP contribution in [-0.4, -0.2) is 26.0 Å². The molecule has 0 atom stereocenters. The predicted molar refractivity (Wildman–Crippen MR) is 49.4 cm³/mol. The summed E-state index contributed by atoms with van der Waals surface area (Å²) in [5.74, 6) is 0.271. The first-order valence-corrected chi connectivity index (χ1v) is 3.49. The zero-order valence-electron chi connectivity index (χ0n) is 7.07. The number of hydrogen-bond donors (Lipinski definition) is 2. The van der Waals surface area contributed by atoms with Crippen molar-refractivity contribution in [2.75, 3.05) is 12.4 Å². The number of anilines is 1. The van der Waals surface area contributed by atoms with Gasteiger partial charge in [-0.05, 0) is 6.07 Å². The molecule has 0 fully saturated rings. The van der Waals surface area contributed by atoms with Crippen LogP contribution in [0.15, 0.2) is 12.3 Å². The van der Waals surface area contributed by atoms with Crippen molar-refractivity contribution in [2.24, 2.45) is 5.73 Å². The van der Waals surface area contributed by atoms with Crippen molar-refractivity contribution >= 4 is 25.0 Å². The second-order valence-electron chi connectivity index (χ2n) is 2.31. The van der Waals surface area contributed by atoms with Crippen LogP contribution in [0.4, 0.5) is 10.5 Å². The highest BCUT2D eigenvalue weighted by atomic mass is 16.5. The van der Waals surface area contributed by atoms with E-state index in [9.17, 15) is 4.79 Å². The molecule has 3 N–H and O–H groups in total. The second kappa shape index (κ2) is 3.80. The van der Waals surface area contributed by atoms with Gasteiger partial charge in [-0.3, -0.25) is 0 Å². The Morgan fingerprint density at radius 2 is 2.46 bits per heavy atom. The third-order valence-electron chi connectivity index (χ3n) is 1.32. The van der Waals surface area contributed by atoms with E-state index in [0.717, 1.165) is 0 Å². The van der Waals surface area contributed by atoms with Gasteiger partial charge in [-0.15, -0.1) is 0 Å². The summed E-state index contributed by atoms with van der Waals surface area (Å²) in [7, 11) is 6.88. The maximum Gasteiger partial charge on any atom is 0.316 e. The second-order valence-corrected chi connectivity index (χ2v) is 2.31. The van der Waals surface area contributed by atoms with Crippen molar-refractivity contribution < 1.29 is 9.53 Å². The molecule has 6 heteroatoms. The predicted octanol–water partition coefficient (Wildman–Crippen LogP) is -0.625. The first-order valence-electron chi connectivity index (χ1n) is 3.49. The van der Waals surface area contributed by atoms with E-state index < -0.39 is 6.03 Å². The Kier molecular flexibility index (Phi) is 2.74. The lowest BCUT2D eigenvalue weighted by Gasteiger charge is -2.07. The summed E-state index contributed by atoms with van der Waals surface area (Å²) in [6.45, 7) is 0. The molecule has 0 unspecified atom stereocenters. The topological polar surface area (TPSA) is 77.2 Å². The summed E-state index contributed by atoms with van der Waals surface area (Å²) in [6.07, 6.45) is 1.42. The number of primary amides is 1. The van der Waals surface area contributed by atoms with E-state index >= 15 is 0 Å². The van der Waals surface area contributed by atoms with Gasteiger partial charge < -0.3 is 15.8 Å². The molecule has 0 saturated carbocycles. The number of methoxy groups -OCH3 is 1. The maximum atomic E-state index is 10.5.